The first-order valence-corrected chi connectivity index (χ1v) is 6.33. The summed E-state index contributed by atoms with van der Waals surface area (Å²) >= 11 is 0. The maximum absolute atomic E-state index is 11.3. The van der Waals surface area contributed by atoms with Gasteiger partial charge in [0, 0.05) is 18.7 Å². The highest BCUT2D eigenvalue weighted by molar-refractivity contribution is 5.97. The predicted octanol–water partition coefficient (Wildman–Crippen LogP) is 2.67. The zero-order chi connectivity index (χ0) is 14.0. The Labute approximate surface area is 110 Å². The van der Waals surface area contributed by atoms with Crippen LogP contribution in [-0.4, -0.2) is 28.6 Å². The fraction of sp³-hybridized carbons (Fsp3) is 0.462. The number of benzene rings is 1. The van der Waals surface area contributed by atoms with Crippen LogP contribution in [0.5, 0.6) is 0 Å². The summed E-state index contributed by atoms with van der Waals surface area (Å²) in [7, 11) is 0. The summed E-state index contributed by atoms with van der Waals surface area (Å²) in [6.07, 6.45) is 2.73. The van der Waals surface area contributed by atoms with E-state index in [9.17, 15) is 20.0 Å². The molecule has 1 aromatic rings. The number of carbonyl (C=O) groups is 1. The minimum absolute atomic E-state index is 0.00884. The Bertz CT molecular complexity index is 483. The van der Waals surface area contributed by atoms with E-state index >= 15 is 0 Å². The molecule has 2 rings (SSSR count). The van der Waals surface area contributed by atoms with Crippen molar-refractivity contribution in [3.8, 4) is 0 Å². The van der Waals surface area contributed by atoms with Gasteiger partial charge in [-0.15, -0.1) is 0 Å². The van der Waals surface area contributed by atoms with Gasteiger partial charge in [-0.3, -0.25) is 10.1 Å². The Hall–Kier alpha value is -2.11. The van der Waals surface area contributed by atoms with Gasteiger partial charge in [0.05, 0.1) is 10.5 Å². The monoisotopic (exact) mass is 264 g/mol. The highest BCUT2D eigenvalue weighted by Crippen LogP contribution is 2.37. The van der Waals surface area contributed by atoms with Crippen LogP contribution in [0.1, 0.15) is 36.5 Å². The van der Waals surface area contributed by atoms with Gasteiger partial charge in [-0.1, -0.05) is 13.0 Å². The molecule has 1 fully saturated rings. The molecule has 0 saturated carbocycles. The summed E-state index contributed by atoms with van der Waals surface area (Å²) in [6, 6.07) is 4.39. The third-order valence-corrected chi connectivity index (χ3v) is 3.58. The molecule has 1 atom stereocenters. The number of carboxylic acids is 1. The van der Waals surface area contributed by atoms with Crippen molar-refractivity contribution >= 4 is 17.3 Å². The first-order valence-electron chi connectivity index (χ1n) is 6.33. The third-order valence-electron chi connectivity index (χ3n) is 3.58. The van der Waals surface area contributed by atoms with E-state index in [0.717, 1.165) is 19.3 Å². The van der Waals surface area contributed by atoms with Crippen LogP contribution in [0.3, 0.4) is 0 Å². The number of para-hydroxylation sites is 1. The summed E-state index contributed by atoms with van der Waals surface area (Å²) in [6.45, 7) is 2.68. The number of hydrogen-bond donors (Lipinski definition) is 1. The van der Waals surface area contributed by atoms with Crippen molar-refractivity contribution in [3.05, 3.63) is 33.9 Å². The molecule has 1 aromatic carbocycles. The van der Waals surface area contributed by atoms with Crippen LogP contribution in [0.25, 0.3) is 0 Å². The van der Waals surface area contributed by atoms with Gasteiger partial charge in [0.15, 0.2) is 0 Å². The molecule has 102 valence electrons. The van der Waals surface area contributed by atoms with E-state index in [1.165, 1.54) is 18.2 Å². The van der Waals surface area contributed by atoms with Gasteiger partial charge in [0.25, 0.3) is 5.69 Å². The first-order chi connectivity index (χ1) is 9.06. The lowest BCUT2D eigenvalue weighted by Gasteiger charge is -2.26. The number of nitro benzene ring substituents is 1. The highest BCUT2D eigenvalue weighted by Gasteiger charge is 2.32. The average Bonchev–Trinajstić information content (AvgIpc) is 2.85. The van der Waals surface area contributed by atoms with Gasteiger partial charge in [0.2, 0.25) is 0 Å². The minimum Gasteiger partial charge on any atom is -0.478 e. The average molecular weight is 264 g/mol. The fourth-order valence-corrected chi connectivity index (χ4v) is 2.71. The van der Waals surface area contributed by atoms with Crippen molar-refractivity contribution in [2.75, 3.05) is 11.4 Å². The summed E-state index contributed by atoms with van der Waals surface area (Å²) in [4.78, 5) is 23.8. The van der Waals surface area contributed by atoms with E-state index in [-0.39, 0.29) is 23.0 Å². The molecule has 0 aromatic heterocycles. The topological polar surface area (TPSA) is 83.7 Å². The zero-order valence-electron chi connectivity index (χ0n) is 10.7. The van der Waals surface area contributed by atoms with Gasteiger partial charge < -0.3 is 10.0 Å². The van der Waals surface area contributed by atoms with Crippen molar-refractivity contribution < 1.29 is 14.8 Å². The van der Waals surface area contributed by atoms with E-state index in [1.807, 2.05) is 11.8 Å². The second-order valence-corrected chi connectivity index (χ2v) is 4.63. The van der Waals surface area contributed by atoms with Crippen LogP contribution in [0.2, 0.25) is 0 Å². The van der Waals surface area contributed by atoms with Crippen LogP contribution in [0.4, 0.5) is 11.4 Å². The number of rotatable bonds is 4. The maximum atomic E-state index is 11.3. The van der Waals surface area contributed by atoms with E-state index in [4.69, 9.17) is 0 Å². The molecule has 1 saturated heterocycles. The molecule has 19 heavy (non-hydrogen) atoms. The Kier molecular flexibility index (Phi) is 3.69. The quantitative estimate of drug-likeness (QED) is 0.667. The van der Waals surface area contributed by atoms with Gasteiger partial charge in [0.1, 0.15) is 5.69 Å². The lowest BCUT2D eigenvalue weighted by molar-refractivity contribution is -0.384. The molecule has 0 radical (unpaired) electrons. The molecule has 1 heterocycles. The van der Waals surface area contributed by atoms with Crippen molar-refractivity contribution in [2.24, 2.45) is 0 Å². The zero-order valence-corrected chi connectivity index (χ0v) is 10.7. The van der Waals surface area contributed by atoms with E-state index in [2.05, 4.69) is 0 Å². The van der Waals surface area contributed by atoms with Crippen LogP contribution < -0.4 is 4.90 Å². The number of carboxylic acid groups (broad SMARTS) is 1. The molecule has 1 aliphatic heterocycles. The molecule has 1 N–H and O–H groups in total. The van der Waals surface area contributed by atoms with Crippen molar-refractivity contribution in [1.82, 2.24) is 0 Å². The highest BCUT2D eigenvalue weighted by atomic mass is 16.6. The second-order valence-electron chi connectivity index (χ2n) is 4.63. The largest absolute Gasteiger partial charge is 0.478 e. The summed E-state index contributed by atoms with van der Waals surface area (Å²) in [5.41, 5.74) is 0.138. The lowest BCUT2D eigenvalue weighted by Crippen LogP contribution is -2.30. The van der Waals surface area contributed by atoms with Crippen LogP contribution in [0, 0.1) is 10.1 Å². The van der Waals surface area contributed by atoms with E-state index < -0.39 is 10.9 Å². The Morgan fingerprint density at radius 3 is 2.89 bits per heavy atom. The van der Waals surface area contributed by atoms with E-state index in [1.54, 1.807) is 0 Å². The third kappa shape index (κ3) is 2.38. The normalized spacial score (nSPS) is 18.6. The van der Waals surface area contributed by atoms with Crippen LogP contribution in [0.15, 0.2) is 18.2 Å². The summed E-state index contributed by atoms with van der Waals surface area (Å²) < 4.78 is 0. The Morgan fingerprint density at radius 2 is 2.32 bits per heavy atom. The molecule has 1 unspecified atom stereocenters. The molecule has 0 aliphatic carbocycles. The standard InChI is InChI=1S/C13H16N2O4/c1-2-9-5-4-8-14(9)12-10(13(16)17)6-3-7-11(12)15(18)19/h3,6-7,9H,2,4-5,8H2,1H3,(H,16,17). The molecule has 1 aliphatic rings. The van der Waals surface area contributed by atoms with Gasteiger partial charge in [-0.25, -0.2) is 4.79 Å². The smallest absolute Gasteiger partial charge is 0.338 e. The fourth-order valence-electron chi connectivity index (χ4n) is 2.71. The van der Waals surface area contributed by atoms with Crippen LogP contribution in [-0.2, 0) is 0 Å². The van der Waals surface area contributed by atoms with Gasteiger partial charge in [-0.05, 0) is 25.3 Å². The van der Waals surface area contributed by atoms with E-state index in [0.29, 0.717) is 6.54 Å². The first kappa shape index (κ1) is 13.3. The SMILES string of the molecule is CCC1CCCN1c1c(C(=O)O)cccc1[N+](=O)[O-]. The van der Waals surface area contributed by atoms with Crippen molar-refractivity contribution in [3.63, 3.8) is 0 Å². The number of nitrogens with zero attached hydrogens (tertiary/aromatic N) is 2. The molecule has 6 heteroatoms. The number of anilines is 1. The lowest BCUT2D eigenvalue weighted by atomic mass is 10.1. The van der Waals surface area contributed by atoms with Crippen molar-refractivity contribution in [2.45, 2.75) is 32.2 Å². The molecule has 0 bridgehead atoms. The number of aromatic carboxylic acids is 1. The maximum Gasteiger partial charge on any atom is 0.338 e. The van der Waals surface area contributed by atoms with Crippen LogP contribution >= 0.6 is 0 Å². The molecule has 0 amide bonds. The molecular weight excluding hydrogens is 248 g/mol. The Morgan fingerprint density at radius 1 is 1.58 bits per heavy atom. The Balaban J connectivity index is 2.58. The minimum atomic E-state index is -1.12. The number of hydrogen-bond acceptors (Lipinski definition) is 4. The molecular formula is C13H16N2O4. The molecule has 6 nitrogen and oxygen atoms in total. The van der Waals surface area contributed by atoms with Crippen molar-refractivity contribution in [1.29, 1.82) is 0 Å². The second kappa shape index (κ2) is 5.26. The molecule has 0 spiro atoms. The summed E-state index contributed by atoms with van der Waals surface area (Å²) in [5.74, 6) is -1.12. The predicted molar refractivity (Wildman–Crippen MR) is 70.7 cm³/mol. The van der Waals surface area contributed by atoms with Gasteiger partial charge >= 0.3 is 5.97 Å². The summed E-state index contributed by atoms with van der Waals surface area (Å²) in [5, 5.41) is 20.4. The van der Waals surface area contributed by atoms with Gasteiger partial charge in [-0.2, -0.15) is 0 Å². The number of nitro groups is 1.